The molecule has 1 aromatic carbocycles. The van der Waals surface area contributed by atoms with E-state index in [1.807, 2.05) is 17.9 Å². The van der Waals surface area contributed by atoms with Gasteiger partial charge in [0.05, 0.1) is 11.8 Å². The zero-order chi connectivity index (χ0) is 17.4. The van der Waals surface area contributed by atoms with Crippen LogP contribution in [0.1, 0.15) is 35.0 Å². The Bertz CT molecular complexity index is 879. The highest BCUT2D eigenvalue weighted by Gasteiger charge is 2.33. The Labute approximate surface area is 148 Å². The van der Waals surface area contributed by atoms with Crippen molar-refractivity contribution in [2.45, 2.75) is 32.9 Å². The Kier molecular flexibility index (Phi) is 4.36. The van der Waals surface area contributed by atoms with Crippen molar-refractivity contribution >= 4 is 10.9 Å². The lowest BCUT2D eigenvalue weighted by atomic mass is 9.94. The van der Waals surface area contributed by atoms with Crippen molar-refractivity contribution in [3.63, 3.8) is 0 Å². The third-order valence-electron chi connectivity index (χ3n) is 5.47. The predicted octanol–water partition coefficient (Wildman–Crippen LogP) is 3.39. The van der Waals surface area contributed by atoms with Crippen molar-refractivity contribution in [1.82, 2.24) is 20.1 Å². The van der Waals surface area contributed by atoms with Crippen molar-refractivity contribution in [3.05, 3.63) is 53.0 Å². The fourth-order valence-electron chi connectivity index (χ4n) is 4.06. The first-order valence-corrected chi connectivity index (χ1v) is 9.02. The van der Waals surface area contributed by atoms with E-state index < -0.39 is 0 Å². The molecule has 0 unspecified atom stereocenters. The standard InChI is InChI=1S/C20H26N4O/c1-13-19(14(2)24(3)23-13)20-16(8-10-25-20)12-21-11-15-5-4-6-18-17(15)7-9-22-18/h4-7,9,16,20-22H,8,10-12H2,1-3H3/t16-,20+/m1/s1. The van der Waals surface area contributed by atoms with Crippen LogP contribution in [0, 0.1) is 19.8 Å². The first-order valence-electron chi connectivity index (χ1n) is 9.02. The number of benzene rings is 1. The number of H-pyrrole nitrogens is 1. The van der Waals surface area contributed by atoms with E-state index in [1.165, 1.54) is 27.7 Å². The number of hydrogen-bond donors (Lipinski definition) is 2. The summed E-state index contributed by atoms with van der Waals surface area (Å²) in [6, 6.07) is 8.57. The van der Waals surface area contributed by atoms with E-state index in [9.17, 15) is 0 Å². The van der Waals surface area contributed by atoms with Gasteiger partial charge in [-0.25, -0.2) is 0 Å². The minimum absolute atomic E-state index is 0.157. The molecule has 0 saturated carbocycles. The molecule has 3 aromatic rings. The summed E-state index contributed by atoms with van der Waals surface area (Å²) in [6.07, 6.45) is 3.26. The molecule has 2 aromatic heterocycles. The Morgan fingerprint density at radius 3 is 3.00 bits per heavy atom. The Morgan fingerprint density at radius 2 is 2.20 bits per heavy atom. The van der Waals surface area contributed by atoms with Gasteiger partial charge in [0.2, 0.25) is 0 Å². The third kappa shape index (κ3) is 2.98. The largest absolute Gasteiger partial charge is 0.373 e. The molecule has 0 bridgehead atoms. The summed E-state index contributed by atoms with van der Waals surface area (Å²) < 4.78 is 8.05. The van der Waals surface area contributed by atoms with E-state index in [4.69, 9.17) is 4.74 Å². The second-order valence-corrected chi connectivity index (χ2v) is 7.04. The average molecular weight is 338 g/mol. The maximum absolute atomic E-state index is 6.09. The molecule has 2 atom stereocenters. The molecule has 2 N–H and O–H groups in total. The van der Waals surface area contributed by atoms with E-state index in [-0.39, 0.29) is 6.10 Å². The summed E-state index contributed by atoms with van der Waals surface area (Å²) in [4.78, 5) is 3.28. The molecule has 0 spiro atoms. The molecular weight excluding hydrogens is 312 g/mol. The minimum atomic E-state index is 0.157. The van der Waals surface area contributed by atoms with Gasteiger partial charge in [0, 0.05) is 61.0 Å². The molecule has 1 aliphatic heterocycles. The highest BCUT2D eigenvalue weighted by Crippen LogP contribution is 2.37. The SMILES string of the molecule is Cc1nn(C)c(C)c1[C@H]1OCC[C@@H]1CNCc1cccc2[nH]ccc12. The summed E-state index contributed by atoms with van der Waals surface area (Å²) in [5.74, 6) is 0.493. The monoisotopic (exact) mass is 338 g/mol. The first-order chi connectivity index (χ1) is 12.1. The zero-order valence-electron chi connectivity index (χ0n) is 15.2. The maximum Gasteiger partial charge on any atom is 0.0901 e. The number of aryl methyl sites for hydroxylation is 2. The first kappa shape index (κ1) is 16.4. The highest BCUT2D eigenvalue weighted by atomic mass is 16.5. The lowest BCUT2D eigenvalue weighted by Crippen LogP contribution is -2.25. The van der Waals surface area contributed by atoms with Crippen LogP contribution in [0.5, 0.6) is 0 Å². The van der Waals surface area contributed by atoms with E-state index in [0.717, 1.165) is 31.8 Å². The Hall–Kier alpha value is -2.11. The van der Waals surface area contributed by atoms with Crippen LogP contribution in [-0.4, -0.2) is 27.9 Å². The molecule has 132 valence electrons. The Balaban J connectivity index is 1.44. The van der Waals surface area contributed by atoms with Gasteiger partial charge in [-0.15, -0.1) is 0 Å². The van der Waals surface area contributed by atoms with Crippen molar-refractivity contribution in [2.24, 2.45) is 13.0 Å². The summed E-state index contributed by atoms with van der Waals surface area (Å²) >= 11 is 0. The number of aromatic nitrogens is 3. The molecule has 3 heterocycles. The van der Waals surface area contributed by atoms with Crippen LogP contribution in [0.2, 0.25) is 0 Å². The fraction of sp³-hybridized carbons (Fsp3) is 0.450. The fourth-order valence-corrected chi connectivity index (χ4v) is 4.06. The van der Waals surface area contributed by atoms with E-state index in [2.05, 4.69) is 53.5 Å². The molecule has 25 heavy (non-hydrogen) atoms. The van der Waals surface area contributed by atoms with Crippen LogP contribution in [-0.2, 0) is 18.3 Å². The lowest BCUT2D eigenvalue weighted by molar-refractivity contribution is 0.0894. The topological polar surface area (TPSA) is 54.9 Å². The van der Waals surface area contributed by atoms with E-state index >= 15 is 0 Å². The maximum atomic E-state index is 6.09. The summed E-state index contributed by atoms with van der Waals surface area (Å²) in [7, 11) is 2.01. The molecule has 1 fully saturated rings. The van der Waals surface area contributed by atoms with Crippen molar-refractivity contribution in [3.8, 4) is 0 Å². The number of nitrogens with zero attached hydrogens (tertiary/aromatic N) is 2. The zero-order valence-corrected chi connectivity index (χ0v) is 15.2. The van der Waals surface area contributed by atoms with Crippen LogP contribution in [0.25, 0.3) is 10.9 Å². The number of ether oxygens (including phenoxy) is 1. The third-order valence-corrected chi connectivity index (χ3v) is 5.47. The average Bonchev–Trinajstić information content (AvgIpc) is 3.29. The van der Waals surface area contributed by atoms with E-state index in [0.29, 0.717) is 5.92 Å². The molecule has 0 amide bonds. The number of rotatable bonds is 5. The Morgan fingerprint density at radius 1 is 1.32 bits per heavy atom. The molecular formula is C20H26N4O. The van der Waals surface area contributed by atoms with Gasteiger partial charge in [0.1, 0.15) is 0 Å². The molecule has 5 heteroatoms. The smallest absolute Gasteiger partial charge is 0.0901 e. The quantitative estimate of drug-likeness (QED) is 0.750. The van der Waals surface area contributed by atoms with Crippen molar-refractivity contribution in [1.29, 1.82) is 0 Å². The van der Waals surface area contributed by atoms with Crippen molar-refractivity contribution < 1.29 is 4.74 Å². The van der Waals surface area contributed by atoms with Crippen LogP contribution in [0.3, 0.4) is 0 Å². The molecule has 5 nitrogen and oxygen atoms in total. The summed E-state index contributed by atoms with van der Waals surface area (Å²) in [6.45, 7) is 6.88. The van der Waals surface area contributed by atoms with Gasteiger partial charge >= 0.3 is 0 Å². The summed E-state index contributed by atoms with van der Waals surface area (Å²) in [5, 5.41) is 9.51. The number of fused-ring (bicyclic) bond motifs is 1. The van der Waals surface area contributed by atoms with Gasteiger partial charge in [0.15, 0.2) is 0 Å². The highest BCUT2D eigenvalue weighted by molar-refractivity contribution is 5.82. The van der Waals surface area contributed by atoms with Crippen LogP contribution in [0.15, 0.2) is 30.5 Å². The minimum Gasteiger partial charge on any atom is -0.373 e. The van der Waals surface area contributed by atoms with Crippen LogP contribution in [0.4, 0.5) is 0 Å². The second kappa shape index (κ2) is 6.65. The van der Waals surface area contributed by atoms with Gasteiger partial charge < -0.3 is 15.0 Å². The van der Waals surface area contributed by atoms with E-state index in [1.54, 1.807) is 0 Å². The van der Waals surface area contributed by atoms with Gasteiger partial charge in [-0.2, -0.15) is 5.10 Å². The van der Waals surface area contributed by atoms with Gasteiger partial charge in [0.25, 0.3) is 0 Å². The molecule has 1 saturated heterocycles. The molecule has 0 radical (unpaired) electrons. The number of hydrogen-bond acceptors (Lipinski definition) is 3. The molecule has 1 aliphatic rings. The van der Waals surface area contributed by atoms with Crippen LogP contribution >= 0.6 is 0 Å². The second-order valence-electron chi connectivity index (χ2n) is 7.04. The van der Waals surface area contributed by atoms with Gasteiger partial charge in [-0.05, 0) is 38.0 Å². The predicted molar refractivity (Wildman–Crippen MR) is 99.5 cm³/mol. The van der Waals surface area contributed by atoms with Crippen LogP contribution < -0.4 is 5.32 Å². The van der Waals surface area contributed by atoms with Gasteiger partial charge in [-0.3, -0.25) is 4.68 Å². The van der Waals surface area contributed by atoms with Crippen molar-refractivity contribution in [2.75, 3.05) is 13.2 Å². The number of nitrogens with one attached hydrogen (secondary N) is 2. The molecule has 4 rings (SSSR count). The van der Waals surface area contributed by atoms with Gasteiger partial charge in [-0.1, -0.05) is 12.1 Å². The lowest BCUT2D eigenvalue weighted by Gasteiger charge is -2.20. The number of aromatic amines is 1. The summed E-state index contributed by atoms with van der Waals surface area (Å²) in [5.41, 5.74) is 6.12. The molecule has 0 aliphatic carbocycles. The normalized spacial score (nSPS) is 20.6.